The van der Waals surface area contributed by atoms with Crippen LogP contribution in [0.4, 0.5) is 5.82 Å². The maximum atomic E-state index is 12.4. The normalized spacial score (nSPS) is 15.2. The second-order valence-corrected chi connectivity index (χ2v) is 6.77. The fourth-order valence-electron chi connectivity index (χ4n) is 2.86. The minimum Gasteiger partial charge on any atom is -0.355 e. The molecule has 0 unspecified atom stereocenters. The van der Waals surface area contributed by atoms with E-state index in [1.54, 1.807) is 24.5 Å². The number of nitrogens with zero attached hydrogens (tertiary/aromatic N) is 3. The molecule has 0 radical (unpaired) electrons. The summed E-state index contributed by atoms with van der Waals surface area (Å²) in [5.74, 6) is 1.08. The minimum absolute atomic E-state index is 0.0233. The fourth-order valence-corrected chi connectivity index (χ4v) is 3.53. The van der Waals surface area contributed by atoms with Crippen LogP contribution in [0.1, 0.15) is 29.3 Å². The summed E-state index contributed by atoms with van der Waals surface area (Å²) >= 11 is 1.62. The Morgan fingerprint density at radius 1 is 1.17 bits per heavy atom. The highest BCUT2D eigenvalue weighted by Crippen LogP contribution is 2.16. The third kappa shape index (κ3) is 4.00. The Hall–Kier alpha value is -2.21. The SMILES string of the molecule is CC(=O)c1ccc(N2CCCN(C(=O)Cc3ccsc3)CC2)nc1. The number of carbonyl (C=O) groups is 2. The van der Waals surface area contributed by atoms with Gasteiger partial charge in [0.15, 0.2) is 5.78 Å². The molecule has 1 saturated heterocycles. The van der Waals surface area contributed by atoms with E-state index in [2.05, 4.69) is 9.88 Å². The van der Waals surface area contributed by atoms with Crippen LogP contribution in [-0.2, 0) is 11.2 Å². The summed E-state index contributed by atoms with van der Waals surface area (Å²) in [5.41, 5.74) is 1.72. The van der Waals surface area contributed by atoms with E-state index >= 15 is 0 Å². The second-order valence-electron chi connectivity index (χ2n) is 5.99. The number of anilines is 1. The van der Waals surface area contributed by atoms with Gasteiger partial charge >= 0.3 is 0 Å². The molecule has 0 saturated carbocycles. The van der Waals surface area contributed by atoms with Crippen LogP contribution in [0.5, 0.6) is 0 Å². The highest BCUT2D eigenvalue weighted by molar-refractivity contribution is 7.08. The van der Waals surface area contributed by atoms with Crippen molar-refractivity contribution in [1.29, 1.82) is 0 Å². The Bertz CT molecular complexity index is 698. The van der Waals surface area contributed by atoms with Gasteiger partial charge in [0.1, 0.15) is 5.82 Å². The Balaban J connectivity index is 1.60. The Labute approximate surface area is 145 Å². The average Bonchev–Trinajstić information content (AvgIpc) is 2.96. The van der Waals surface area contributed by atoms with Gasteiger partial charge in [0.2, 0.25) is 5.91 Å². The third-order valence-electron chi connectivity index (χ3n) is 4.26. The van der Waals surface area contributed by atoms with E-state index in [9.17, 15) is 9.59 Å². The van der Waals surface area contributed by atoms with Crippen molar-refractivity contribution in [2.45, 2.75) is 19.8 Å². The number of ketones is 1. The van der Waals surface area contributed by atoms with Gasteiger partial charge in [0, 0.05) is 37.9 Å². The van der Waals surface area contributed by atoms with Gasteiger partial charge in [0.25, 0.3) is 0 Å². The molecule has 0 atom stereocenters. The molecule has 126 valence electrons. The molecule has 6 heteroatoms. The van der Waals surface area contributed by atoms with Crippen molar-refractivity contribution in [3.63, 3.8) is 0 Å². The number of carbonyl (C=O) groups excluding carboxylic acids is 2. The van der Waals surface area contributed by atoms with Gasteiger partial charge in [-0.15, -0.1) is 0 Å². The molecule has 0 N–H and O–H groups in total. The van der Waals surface area contributed by atoms with Crippen molar-refractivity contribution >= 4 is 28.8 Å². The third-order valence-corrected chi connectivity index (χ3v) is 4.99. The largest absolute Gasteiger partial charge is 0.355 e. The summed E-state index contributed by atoms with van der Waals surface area (Å²) in [6, 6.07) is 5.71. The van der Waals surface area contributed by atoms with Crippen LogP contribution in [0.3, 0.4) is 0 Å². The summed E-state index contributed by atoms with van der Waals surface area (Å²) in [6.07, 6.45) is 3.03. The molecule has 0 bridgehead atoms. The zero-order chi connectivity index (χ0) is 16.9. The lowest BCUT2D eigenvalue weighted by Gasteiger charge is -2.23. The van der Waals surface area contributed by atoms with E-state index in [1.165, 1.54) is 0 Å². The lowest BCUT2D eigenvalue weighted by Crippen LogP contribution is -2.36. The first kappa shape index (κ1) is 16.6. The Kier molecular flexibility index (Phi) is 5.25. The van der Waals surface area contributed by atoms with E-state index in [-0.39, 0.29) is 11.7 Å². The molecule has 3 heterocycles. The molecule has 24 heavy (non-hydrogen) atoms. The highest BCUT2D eigenvalue weighted by Gasteiger charge is 2.20. The van der Waals surface area contributed by atoms with Crippen molar-refractivity contribution in [2.75, 3.05) is 31.1 Å². The number of rotatable bonds is 4. The van der Waals surface area contributed by atoms with Crippen LogP contribution in [0.25, 0.3) is 0 Å². The molecule has 5 nitrogen and oxygen atoms in total. The zero-order valence-electron chi connectivity index (χ0n) is 13.8. The minimum atomic E-state index is 0.0233. The van der Waals surface area contributed by atoms with E-state index in [1.807, 2.05) is 33.9 Å². The van der Waals surface area contributed by atoms with Crippen LogP contribution < -0.4 is 4.90 Å². The van der Waals surface area contributed by atoms with E-state index in [0.717, 1.165) is 37.4 Å². The first-order chi connectivity index (χ1) is 11.6. The van der Waals surface area contributed by atoms with Crippen molar-refractivity contribution in [3.8, 4) is 0 Å². The highest BCUT2D eigenvalue weighted by atomic mass is 32.1. The number of hydrogen-bond acceptors (Lipinski definition) is 5. The van der Waals surface area contributed by atoms with Crippen molar-refractivity contribution in [2.24, 2.45) is 0 Å². The van der Waals surface area contributed by atoms with Crippen LogP contribution in [0.2, 0.25) is 0 Å². The van der Waals surface area contributed by atoms with Crippen LogP contribution in [-0.4, -0.2) is 47.8 Å². The molecule has 0 aliphatic carbocycles. The van der Waals surface area contributed by atoms with Crippen molar-refractivity contribution < 1.29 is 9.59 Å². The monoisotopic (exact) mass is 343 g/mol. The van der Waals surface area contributed by atoms with Gasteiger partial charge in [-0.2, -0.15) is 11.3 Å². The van der Waals surface area contributed by atoms with Gasteiger partial charge in [0.05, 0.1) is 6.42 Å². The van der Waals surface area contributed by atoms with Gasteiger partial charge in [-0.25, -0.2) is 4.98 Å². The van der Waals surface area contributed by atoms with E-state index in [4.69, 9.17) is 0 Å². The lowest BCUT2D eigenvalue weighted by atomic mass is 10.2. The number of thiophene rings is 1. The van der Waals surface area contributed by atoms with Crippen molar-refractivity contribution in [1.82, 2.24) is 9.88 Å². The van der Waals surface area contributed by atoms with Gasteiger partial charge < -0.3 is 9.80 Å². The topological polar surface area (TPSA) is 53.5 Å². The first-order valence-electron chi connectivity index (χ1n) is 8.14. The number of amides is 1. The van der Waals surface area contributed by atoms with Gasteiger partial charge in [-0.05, 0) is 47.9 Å². The molecule has 3 rings (SSSR count). The summed E-state index contributed by atoms with van der Waals surface area (Å²) in [4.78, 5) is 32.3. The molecular formula is C18H21N3O2S. The van der Waals surface area contributed by atoms with Gasteiger partial charge in [-0.3, -0.25) is 9.59 Å². The number of aromatic nitrogens is 1. The summed E-state index contributed by atoms with van der Waals surface area (Å²) in [7, 11) is 0. The number of hydrogen-bond donors (Lipinski definition) is 0. The first-order valence-corrected chi connectivity index (χ1v) is 9.08. The Morgan fingerprint density at radius 2 is 2.04 bits per heavy atom. The maximum absolute atomic E-state index is 12.4. The smallest absolute Gasteiger partial charge is 0.227 e. The number of pyridine rings is 1. The second kappa shape index (κ2) is 7.57. The van der Waals surface area contributed by atoms with E-state index < -0.39 is 0 Å². The zero-order valence-corrected chi connectivity index (χ0v) is 14.6. The average molecular weight is 343 g/mol. The predicted octanol–water partition coefficient (Wildman–Crippen LogP) is 2.63. The molecule has 1 aliphatic heterocycles. The quantitative estimate of drug-likeness (QED) is 0.801. The molecule has 2 aromatic rings. The van der Waals surface area contributed by atoms with Gasteiger partial charge in [-0.1, -0.05) is 0 Å². The molecular weight excluding hydrogens is 322 g/mol. The van der Waals surface area contributed by atoms with Crippen molar-refractivity contribution in [3.05, 3.63) is 46.3 Å². The number of Topliss-reactive ketones (excluding diaryl/α,β-unsaturated/α-hetero) is 1. The summed E-state index contributed by atoms with van der Waals surface area (Å²) in [6.45, 7) is 4.67. The van der Waals surface area contributed by atoms with Crippen LogP contribution in [0, 0.1) is 0 Å². The standard InChI is InChI=1S/C18H21N3O2S/c1-14(22)16-3-4-17(19-12-16)20-6-2-7-21(9-8-20)18(23)11-15-5-10-24-13-15/h3-5,10,12-13H,2,6-9,11H2,1H3. The molecule has 1 aliphatic rings. The van der Waals surface area contributed by atoms with Crippen LogP contribution in [0.15, 0.2) is 35.2 Å². The lowest BCUT2D eigenvalue weighted by molar-refractivity contribution is -0.130. The predicted molar refractivity (Wildman–Crippen MR) is 95.7 cm³/mol. The molecule has 0 aromatic carbocycles. The summed E-state index contributed by atoms with van der Waals surface area (Å²) < 4.78 is 0. The molecule has 1 fully saturated rings. The maximum Gasteiger partial charge on any atom is 0.227 e. The summed E-state index contributed by atoms with van der Waals surface area (Å²) in [5, 5.41) is 4.03. The fraction of sp³-hybridized carbons (Fsp3) is 0.389. The molecule has 0 spiro atoms. The molecule has 2 aromatic heterocycles. The van der Waals surface area contributed by atoms with Crippen LogP contribution >= 0.6 is 11.3 Å². The Morgan fingerprint density at radius 3 is 2.71 bits per heavy atom. The van der Waals surface area contributed by atoms with E-state index in [0.29, 0.717) is 18.5 Å². The molecule has 1 amide bonds.